The molecule has 0 radical (unpaired) electrons. The summed E-state index contributed by atoms with van der Waals surface area (Å²) in [5.41, 5.74) is 6.76. The number of benzene rings is 1. The lowest BCUT2D eigenvalue weighted by Crippen LogP contribution is -2.35. The molecule has 0 bridgehead atoms. The van der Waals surface area contributed by atoms with Gasteiger partial charge in [0.15, 0.2) is 0 Å². The maximum atomic E-state index is 13.2. The number of carbonyl (C=O) groups is 1. The van der Waals surface area contributed by atoms with E-state index in [4.69, 9.17) is 5.73 Å². The van der Waals surface area contributed by atoms with E-state index in [9.17, 15) is 9.18 Å². The van der Waals surface area contributed by atoms with E-state index in [0.29, 0.717) is 18.5 Å². The van der Waals surface area contributed by atoms with Crippen LogP contribution in [0.3, 0.4) is 0 Å². The Hall–Kier alpha value is -1.42. The number of halogens is 1. The highest BCUT2D eigenvalue weighted by molar-refractivity contribution is 5.92. The van der Waals surface area contributed by atoms with Crippen molar-refractivity contribution in [2.75, 3.05) is 13.1 Å². The molecule has 0 spiro atoms. The van der Waals surface area contributed by atoms with Gasteiger partial charge in [0, 0.05) is 18.7 Å². The molecule has 1 unspecified atom stereocenters. The summed E-state index contributed by atoms with van der Waals surface area (Å²) in [7, 11) is 0. The molecule has 1 aliphatic rings. The molecule has 2 N–H and O–H groups in total. The Labute approximate surface area is 100 Å². The Balaban J connectivity index is 1.96. The van der Waals surface area contributed by atoms with Crippen molar-refractivity contribution >= 4 is 5.91 Å². The first-order valence-corrected chi connectivity index (χ1v) is 5.90. The maximum Gasteiger partial charge on any atom is 0.248 e. The van der Waals surface area contributed by atoms with Crippen molar-refractivity contribution in [2.45, 2.75) is 25.6 Å². The average molecular weight is 236 g/mol. The Morgan fingerprint density at radius 2 is 2.12 bits per heavy atom. The zero-order chi connectivity index (χ0) is 12.3. The van der Waals surface area contributed by atoms with Crippen molar-refractivity contribution in [3.63, 3.8) is 0 Å². The fourth-order valence-electron chi connectivity index (χ4n) is 2.18. The quantitative estimate of drug-likeness (QED) is 0.868. The number of hydrogen-bond acceptors (Lipinski definition) is 2. The van der Waals surface area contributed by atoms with Gasteiger partial charge in [-0.25, -0.2) is 4.39 Å². The number of primary amides is 1. The smallest absolute Gasteiger partial charge is 0.248 e. The number of piperidine rings is 1. The number of hydrogen-bond donors (Lipinski definition) is 1. The van der Waals surface area contributed by atoms with E-state index in [1.165, 1.54) is 0 Å². The fraction of sp³-hybridized carbons (Fsp3) is 0.462. The molecule has 1 heterocycles. The summed E-state index contributed by atoms with van der Waals surface area (Å²) in [6.45, 7) is 2.19. The molecule has 1 aromatic rings. The Morgan fingerprint density at radius 1 is 1.41 bits per heavy atom. The van der Waals surface area contributed by atoms with Crippen LogP contribution in [-0.4, -0.2) is 30.1 Å². The number of amides is 1. The topological polar surface area (TPSA) is 46.3 Å². The summed E-state index contributed by atoms with van der Waals surface area (Å²) in [4.78, 5) is 13.0. The van der Waals surface area contributed by atoms with Crippen molar-refractivity contribution in [1.82, 2.24) is 4.90 Å². The van der Waals surface area contributed by atoms with Crippen molar-refractivity contribution in [2.24, 2.45) is 5.73 Å². The molecule has 1 amide bonds. The van der Waals surface area contributed by atoms with E-state index >= 15 is 0 Å². The standard InChI is InChI=1S/C13H17FN2O/c14-12-2-1-7-16(9-12)8-10-3-5-11(6-4-10)13(15)17/h3-6,12H,1-2,7-9H2,(H2,15,17). The van der Waals surface area contributed by atoms with Gasteiger partial charge < -0.3 is 5.73 Å². The second-order valence-corrected chi connectivity index (χ2v) is 4.54. The van der Waals surface area contributed by atoms with E-state index < -0.39 is 12.1 Å². The first-order chi connectivity index (χ1) is 8.15. The van der Waals surface area contributed by atoms with Crippen LogP contribution in [0, 0.1) is 0 Å². The number of carbonyl (C=O) groups excluding carboxylic acids is 1. The zero-order valence-corrected chi connectivity index (χ0v) is 9.73. The summed E-state index contributed by atoms with van der Waals surface area (Å²) in [5, 5.41) is 0. The molecule has 17 heavy (non-hydrogen) atoms. The highest BCUT2D eigenvalue weighted by Gasteiger charge is 2.18. The van der Waals surface area contributed by atoms with Crippen LogP contribution in [0.25, 0.3) is 0 Å². The molecule has 1 atom stereocenters. The number of likely N-dealkylation sites (tertiary alicyclic amines) is 1. The zero-order valence-electron chi connectivity index (χ0n) is 9.73. The van der Waals surface area contributed by atoms with Gasteiger partial charge in [-0.1, -0.05) is 12.1 Å². The first-order valence-electron chi connectivity index (χ1n) is 5.90. The Bertz CT molecular complexity index is 391. The highest BCUT2D eigenvalue weighted by atomic mass is 19.1. The monoisotopic (exact) mass is 236 g/mol. The molecule has 0 saturated carbocycles. The lowest BCUT2D eigenvalue weighted by molar-refractivity contribution is 0.100. The van der Waals surface area contributed by atoms with Crippen molar-refractivity contribution in [1.29, 1.82) is 0 Å². The maximum absolute atomic E-state index is 13.2. The highest BCUT2D eigenvalue weighted by Crippen LogP contribution is 2.16. The predicted molar refractivity (Wildman–Crippen MR) is 64.4 cm³/mol. The Morgan fingerprint density at radius 3 is 2.71 bits per heavy atom. The van der Waals surface area contributed by atoms with E-state index in [2.05, 4.69) is 4.90 Å². The minimum absolute atomic E-state index is 0.418. The third-order valence-corrected chi connectivity index (χ3v) is 3.09. The van der Waals surface area contributed by atoms with Crippen molar-refractivity contribution < 1.29 is 9.18 Å². The van der Waals surface area contributed by atoms with E-state index in [1.54, 1.807) is 12.1 Å². The molecule has 2 rings (SSSR count). The van der Waals surface area contributed by atoms with Crippen LogP contribution in [0.1, 0.15) is 28.8 Å². The second-order valence-electron chi connectivity index (χ2n) is 4.54. The van der Waals surface area contributed by atoms with Gasteiger partial charge in [-0.05, 0) is 37.1 Å². The molecule has 4 heteroatoms. The largest absolute Gasteiger partial charge is 0.366 e. The van der Waals surface area contributed by atoms with Crippen LogP contribution >= 0.6 is 0 Å². The third-order valence-electron chi connectivity index (χ3n) is 3.09. The number of alkyl halides is 1. The van der Waals surface area contributed by atoms with E-state index in [-0.39, 0.29) is 0 Å². The minimum atomic E-state index is -0.700. The molecular formula is C13H17FN2O. The van der Waals surface area contributed by atoms with Crippen molar-refractivity contribution in [3.8, 4) is 0 Å². The minimum Gasteiger partial charge on any atom is -0.366 e. The van der Waals surface area contributed by atoms with Gasteiger partial charge >= 0.3 is 0 Å². The summed E-state index contributed by atoms with van der Waals surface area (Å²) in [6.07, 6.45) is 0.895. The second kappa shape index (κ2) is 5.27. The molecule has 3 nitrogen and oxygen atoms in total. The lowest BCUT2D eigenvalue weighted by atomic mass is 10.1. The van der Waals surface area contributed by atoms with Crippen LogP contribution in [-0.2, 0) is 6.54 Å². The van der Waals surface area contributed by atoms with Gasteiger partial charge in [-0.15, -0.1) is 0 Å². The SMILES string of the molecule is NC(=O)c1ccc(CN2CCCC(F)C2)cc1. The van der Waals surface area contributed by atoms with Crippen LogP contribution in [0.4, 0.5) is 4.39 Å². The van der Waals surface area contributed by atoms with E-state index in [0.717, 1.165) is 25.1 Å². The molecule has 1 fully saturated rings. The van der Waals surface area contributed by atoms with Crippen LogP contribution in [0.15, 0.2) is 24.3 Å². The molecule has 1 saturated heterocycles. The van der Waals surface area contributed by atoms with Gasteiger partial charge in [-0.2, -0.15) is 0 Å². The molecule has 0 aliphatic carbocycles. The number of nitrogens with zero attached hydrogens (tertiary/aromatic N) is 1. The van der Waals surface area contributed by atoms with Gasteiger partial charge in [0.25, 0.3) is 0 Å². The molecule has 0 aromatic heterocycles. The number of nitrogens with two attached hydrogens (primary N) is 1. The van der Waals surface area contributed by atoms with Gasteiger partial charge in [-0.3, -0.25) is 9.69 Å². The fourth-order valence-corrected chi connectivity index (χ4v) is 2.18. The van der Waals surface area contributed by atoms with Gasteiger partial charge in [0.2, 0.25) is 5.91 Å². The summed E-state index contributed by atoms with van der Waals surface area (Å²) in [6, 6.07) is 7.19. The predicted octanol–water partition coefficient (Wildman–Crippen LogP) is 1.72. The summed E-state index contributed by atoms with van der Waals surface area (Å²) >= 11 is 0. The van der Waals surface area contributed by atoms with E-state index in [1.807, 2.05) is 12.1 Å². The van der Waals surface area contributed by atoms with Gasteiger partial charge in [0.1, 0.15) is 6.17 Å². The van der Waals surface area contributed by atoms with Crippen LogP contribution < -0.4 is 5.73 Å². The molecule has 1 aromatic carbocycles. The summed E-state index contributed by atoms with van der Waals surface area (Å²) in [5.74, 6) is -0.418. The Kier molecular flexibility index (Phi) is 3.74. The van der Waals surface area contributed by atoms with Gasteiger partial charge in [0.05, 0.1) is 0 Å². The van der Waals surface area contributed by atoms with Crippen LogP contribution in [0.5, 0.6) is 0 Å². The number of rotatable bonds is 3. The normalized spacial score (nSPS) is 21.4. The molecule has 92 valence electrons. The van der Waals surface area contributed by atoms with Crippen molar-refractivity contribution in [3.05, 3.63) is 35.4 Å². The lowest BCUT2D eigenvalue weighted by Gasteiger charge is -2.28. The molecule has 1 aliphatic heterocycles. The van der Waals surface area contributed by atoms with Crippen LogP contribution in [0.2, 0.25) is 0 Å². The average Bonchev–Trinajstić information content (AvgIpc) is 2.29. The first kappa shape index (κ1) is 12.0. The third kappa shape index (κ3) is 3.27. The molecular weight excluding hydrogens is 219 g/mol. The summed E-state index contributed by atoms with van der Waals surface area (Å²) < 4.78 is 13.2.